The molecule has 0 radical (unpaired) electrons. The van der Waals surface area contributed by atoms with Crippen molar-refractivity contribution >= 4 is 35.2 Å². The van der Waals surface area contributed by atoms with E-state index in [9.17, 15) is 9.59 Å². The van der Waals surface area contributed by atoms with Gasteiger partial charge in [0.25, 0.3) is 0 Å². The summed E-state index contributed by atoms with van der Waals surface area (Å²) in [6.07, 6.45) is 8.79. The third-order valence-electron chi connectivity index (χ3n) is 5.88. The molecule has 182 valence electrons. The van der Waals surface area contributed by atoms with E-state index in [0.717, 1.165) is 23.4 Å². The smallest absolute Gasteiger partial charge is 0.244 e. The summed E-state index contributed by atoms with van der Waals surface area (Å²) in [6.45, 7) is 0. The molecular weight excluding hydrogens is 480 g/mol. The SMILES string of the molecule is O=C(/C=C/c1cc(Cl)ccc1-n1cnnn1)N[C@H]1CCCCC(=O)Nc2ccccc2-c2cnc1[nH]2. The normalized spacial score (nSPS) is 16.0. The fourth-order valence-corrected chi connectivity index (χ4v) is 4.31. The van der Waals surface area contributed by atoms with E-state index in [2.05, 4.69) is 36.1 Å². The van der Waals surface area contributed by atoms with Crippen molar-refractivity contribution in [2.75, 3.05) is 5.32 Å². The van der Waals surface area contributed by atoms with Gasteiger partial charge in [-0.1, -0.05) is 36.2 Å². The Labute approximate surface area is 211 Å². The first-order valence-electron chi connectivity index (χ1n) is 11.5. The number of amides is 2. The van der Waals surface area contributed by atoms with Gasteiger partial charge >= 0.3 is 0 Å². The number of hydrogen-bond acceptors (Lipinski definition) is 6. The number of rotatable bonds is 4. The quantitative estimate of drug-likeness (QED) is 0.360. The van der Waals surface area contributed by atoms with Gasteiger partial charge in [0.2, 0.25) is 11.8 Å². The number of hydrogen-bond donors (Lipinski definition) is 3. The molecular formula is C25H23ClN8O2. The van der Waals surface area contributed by atoms with Gasteiger partial charge < -0.3 is 15.6 Å². The molecule has 10 nitrogen and oxygen atoms in total. The summed E-state index contributed by atoms with van der Waals surface area (Å²) in [5, 5.41) is 17.8. The number of halogens is 1. The molecule has 4 aromatic rings. The molecule has 0 unspecified atom stereocenters. The zero-order valence-electron chi connectivity index (χ0n) is 19.2. The number of fused-ring (bicyclic) bond motifs is 4. The minimum atomic E-state index is -0.344. The van der Waals surface area contributed by atoms with E-state index in [1.54, 1.807) is 30.5 Å². The number of tetrazole rings is 1. The van der Waals surface area contributed by atoms with Crippen molar-refractivity contribution in [2.45, 2.75) is 31.7 Å². The molecule has 0 saturated carbocycles. The van der Waals surface area contributed by atoms with E-state index in [0.29, 0.717) is 41.4 Å². The zero-order chi connectivity index (χ0) is 24.9. The Balaban J connectivity index is 1.38. The Morgan fingerprint density at radius 1 is 1.19 bits per heavy atom. The molecule has 3 heterocycles. The Morgan fingerprint density at radius 2 is 2.08 bits per heavy atom. The summed E-state index contributed by atoms with van der Waals surface area (Å²) in [7, 11) is 0. The van der Waals surface area contributed by atoms with Gasteiger partial charge in [-0.15, -0.1) is 5.10 Å². The van der Waals surface area contributed by atoms with Crippen LogP contribution in [0.25, 0.3) is 23.0 Å². The number of imidazole rings is 1. The highest BCUT2D eigenvalue weighted by Crippen LogP contribution is 2.29. The lowest BCUT2D eigenvalue weighted by Crippen LogP contribution is -2.28. The number of para-hydroxylation sites is 1. The number of H-pyrrole nitrogens is 1. The molecule has 2 amide bonds. The second-order valence-electron chi connectivity index (χ2n) is 8.37. The van der Waals surface area contributed by atoms with Crippen LogP contribution in [0.1, 0.15) is 43.1 Å². The van der Waals surface area contributed by atoms with E-state index in [1.807, 2.05) is 24.3 Å². The van der Waals surface area contributed by atoms with Crippen LogP contribution >= 0.6 is 11.6 Å². The number of nitrogens with one attached hydrogen (secondary N) is 3. The largest absolute Gasteiger partial charge is 0.343 e. The van der Waals surface area contributed by atoms with Gasteiger partial charge in [-0.05, 0) is 53.6 Å². The van der Waals surface area contributed by atoms with Crippen LogP contribution in [-0.2, 0) is 9.59 Å². The molecule has 1 aliphatic rings. The van der Waals surface area contributed by atoms with Gasteiger partial charge in [-0.2, -0.15) is 4.68 Å². The Morgan fingerprint density at radius 3 is 2.94 bits per heavy atom. The minimum Gasteiger partial charge on any atom is -0.343 e. The van der Waals surface area contributed by atoms with Crippen molar-refractivity contribution < 1.29 is 9.59 Å². The number of carbonyl (C=O) groups excluding carboxylic acids is 2. The topological polar surface area (TPSA) is 130 Å². The molecule has 36 heavy (non-hydrogen) atoms. The highest BCUT2D eigenvalue weighted by Gasteiger charge is 2.20. The van der Waals surface area contributed by atoms with Crippen molar-refractivity contribution in [1.82, 2.24) is 35.5 Å². The van der Waals surface area contributed by atoms with E-state index in [4.69, 9.17) is 11.6 Å². The molecule has 3 N–H and O–H groups in total. The van der Waals surface area contributed by atoms with Gasteiger partial charge in [-0.25, -0.2) is 4.98 Å². The lowest BCUT2D eigenvalue weighted by atomic mass is 10.1. The van der Waals surface area contributed by atoms with E-state index in [1.165, 1.54) is 17.1 Å². The summed E-state index contributed by atoms with van der Waals surface area (Å²) in [6, 6.07) is 12.5. The average Bonchev–Trinajstić information content (AvgIpc) is 3.57. The lowest BCUT2D eigenvalue weighted by Gasteiger charge is -2.17. The zero-order valence-corrected chi connectivity index (χ0v) is 19.9. The molecule has 1 aliphatic heterocycles. The number of anilines is 1. The van der Waals surface area contributed by atoms with Gasteiger partial charge in [0.15, 0.2) is 0 Å². The van der Waals surface area contributed by atoms with E-state index in [-0.39, 0.29) is 17.9 Å². The molecule has 2 bridgehead atoms. The summed E-state index contributed by atoms with van der Waals surface area (Å²) in [5.74, 6) is 0.336. The first-order valence-corrected chi connectivity index (χ1v) is 11.9. The average molecular weight is 503 g/mol. The van der Waals surface area contributed by atoms with Crippen molar-refractivity contribution in [1.29, 1.82) is 0 Å². The van der Waals surface area contributed by atoms with Crippen LogP contribution in [0.4, 0.5) is 5.69 Å². The van der Waals surface area contributed by atoms with Crippen LogP contribution in [-0.4, -0.2) is 42.0 Å². The Hall–Kier alpha value is -4.31. The molecule has 0 spiro atoms. The third-order valence-corrected chi connectivity index (χ3v) is 6.11. The fourth-order valence-electron chi connectivity index (χ4n) is 4.13. The summed E-state index contributed by atoms with van der Waals surface area (Å²) in [4.78, 5) is 33.2. The van der Waals surface area contributed by atoms with Crippen LogP contribution in [0.2, 0.25) is 5.02 Å². The van der Waals surface area contributed by atoms with Crippen LogP contribution in [0.15, 0.2) is 61.1 Å². The highest BCUT2D eigenvalue weighted by molar-refractivity contribution is 6.30. The summed E-state index contributed by atoms with van der Waals surface area (Å²) < 4.78 is 1.50. The Kier molecular flexibility index (Phi) is 6.85. The van der Waals surface area contributed by atoms with E-state index >= 15 is 0 Å². The maximum Gasteiger partial charge on any atom is 0.244 e. The second kappa shape index (κ2) is 10.5. The highest BCUT2D eigenvalue weighted by atomic mass is 35.5. The number of aromatic amines is 1. The molecule has 5 rings (SSSR count). The van der Waals surface area contributed by atoms with Crippen molar-refractivity contribution in [2.24, 2.45) is 0 Å². The molecule has 1 atom stereocenters. The molecule has 0 saturated heterocycles. The van der Waals surface area contributed by atoms with Gasteiger partial charge in [0.05, 0.1) is 29.3 Å². The molecule has 0 aliphatic carbocycles. The van der Waals surface area contributed by atoms with Crippen molar-refractivity contribution in [3.8, 4) is 16.9 Å². The first kappa shape index (κ1) is 23.4. The maximum atomic E-state index is 12.9. The number of carbonyl (C=O) groups is 2. The molecule has 11 heteroatoms. The van der Waals surface area contributed by atoms with Crippen LogP contribution in [0.5, 0.6) is 0 Å². The second-order valence-corrected chi connectivity index (χ2v) is 8.81. The monoisotopic (exact) mass is 502 g/mol. The van der Waals surface area contributed by atoms with Gasteiger partial charge in [-0.3, -0.25) is 9.59 Å². The maximum absolute atomic E-state index is 12.9. The lowest BCUT2D eigenvalue weighted by molar-refractivity contribution is -0.118. The summed E-state index contributed by atoms with van der Waals surface area (Å²) in [5.41, 5.74) is 3.70. The fraction of sp³-hybridized carbons (Fsp3) is 0.200. The molecule has 2 aromatic heterocycles. The van der Waals surface area contributed by atoms with Crippen molar-refractivity contribution in [3.63, 3.8) is 0 Å². The number of nitrogens with zero attached hydrogens (tertiary/aromatic N) is 5. The third kappa shape index (κ3) is 5.33. The van der Waals surface area contributed by atoms with Crippen LogP contribution < -0.4 is 10.6 Å². The van der Waals surface area contributed by atoms with Crippen LogP contribution in [0, 0.1) is 0 Å². The van der Waals surface area contributed by atoms with Crippen LogP contribution in [0.3, 0.4) is 0 Å². The standard InChI is InChI=1S/C25H23ClN8O2/c26-17-10-11-22(34-15-28-32-33-34)16(13-17)9-12-24(36)30-20-7-3-4-8-23(35)29-19-6-2-1-5-18(19)21-14-27-25(20)31-21/h1-2,5-6,9-15,20H,3-4,7-8H2,(H,27,31)(H,29,35)(H,30,36)/b12-9+/t20-/m0/s1. The first-order chi connectivity index (χ1) is 17.6. The summed E-state index contributed by atoms with van der Waals surface area (Å²) >= 11 is 6.17. The Bertz CT molecular complexity index is 1410. The van der Waals surface area contributed by atoms with Crippen molar-refractivity contribution in [3.05, 3.63) is 77.5 Å². The van der Waals surface area contributed by atoms with E-state index < -0.39 is 0 Å². The molecule has 0 fully saturated rings. The predicted octanol–water partition coefficient (Wildman–Crippen LogP) is 4.09. The number of benzene rings is 2. The number of aromatic nitrogens is 6. The van der Waals surface area contributed by atoms with Gasteiger partial charge in [0.1, 0.15) is 12.2 Å². The minimum absolute atomic E-state index is 0.0359. The predicted molar refractivity (Wildman–Crippen MR) is 135 cm³/mol. The molecule has 2 aromatic carbocycles. The van der Waals surface area contributed by atoms with Gasteiger partial charge in [0, 0.05) is 28.6 Å².